The molecule has 1 heterocycles. The van der Waals surface area contributed by atoms with Crippen LogP contribution in [0.4, 0.5) is 0 Å². The third kappa shape index (κ3) is 2.19. The van der Waals surface area contributed by atoms with E-state index in [2.05, 4.69) is 0 Å². The van der Waals surface area contributed by atoms with Crippen LogP contribution in [-0.4, -0.2) is 11.7 Å². The van der Waals surface area contributed by atoms with Crippen LogP contribution in [0.15, 0.2) is 23.0 Å². The summed E-state index contributed by atoms with van der Waals surface area (Å²) in [6.45, 7) is 0.233. The Balaban J connectivity index is 0.00000162. The Kier molecular flexibility index (Phi) is 4.62. The lowest BCUT2D eigenvalue weighted by Gasteiger charge is -2.14. The fourth-order valence-electron chi connectivity index (χ4n) is 1.96. The molecule has 98 valence electrons. The molecule has 0 bridgehead atoms. The minimum Gasteiger partial charge on any atom is -0.494 e. The Labute approximate surface area is 116 Å². The highest BCUT2D eigenvalue weighted by Crippen LogP contribution is 2.29. The Hall–Kier alpha value is -1.23. The molecule has 0 radical (unpaired) electrons. The van der Waals surface area contributed by atoms with Crippen molar-refractivity contribution in [3.05, 3.63) is 39.3 Å². The van der Waals surface area contributed by atoms with Crippen molar-refractivity contribution >= 4 is 34.8 Å². The van der Waals surface area contributed by atoms with Gasteiger partial charge in [-0.25, -0.2) is 0 Å². The number of ether oxygens (including phenoxy) is 1. The Morgan fingerprint density at radius 3 is 2.61 bits per heavy atom. The van der Waals surface area contributed by atoms with Crippen molar-refractivity contribution in [1.82, 2.24) is 4.57 Å². The lowest BCUT2D eigenvalue weighted by molar-refractivity contribution is 0.408. The Bertz CT molecular complexity index is 638. The van der Waals surface area contributed by atoms with Crippen LogP contribution < -0.4 is 16.0 Å². The van der Waals surface area contributed by atoms with Crippen LogP contribution in [-0.2, 0) is 13.6 Å². The fraction of sp³-hybridized carbons (Fsp3) is 0.250. The van der Waals surface area contributed by atoms with Crippen molar-refractivity contribution < 1.29 is 4.74 Å². The van der Waals surface area contributed by atoms with E-state index in [0.717, 1.165) is 0 Å². The first-order valence-corrected chi connectivity index (χ1v) is 5.53. The molecule has 6 heteroatoms. The van der Waals surface area contributed by atoms with E-state index in [1.165, 1.54) is 4.57 Å². The molecule has 2 N–H and O–H groups in total. The van der Waals surface area contributed by atoms with E-state index in [4.69, 9.17) is 22.1 Å². The molecule has 4 nitrogen and oxygen atoms in total. The minimum absolute atomic E-state index is 0. The smallest absolute Gasteiger partial charge is 0.258 e. The zero-order valence-corrected chi connectivity index (χ0v) is 11.6. The third-order valence-electron chi connectivity index (χ3n) is 2.83. The van der Waals surface area contributed by atoms with E-state index < -0.39 is 0 Å². The van der Waals surface area contributed by atoms with Crippen LogP contribution in [0.1, 0.15) is 5.69 Å². The van der Waals surface area contributed by atoms with Gasteiger partial charge in [0.1, 0.15) is 5.75 Å². The number of methoxy groups -OCH3 is 1. The molecule has 2 rings (SSSR count). The quantitative estimate of drug-likeness (QED) is 0.921. The number of pyridine rings is 1. The highest BCUT2D eigenvalue weighted by Gasteiger charge is 2.14. The summed E-state index contributed by atoms with van der Waals surface area (Å²) in [6.07, 6.45) is 0. The summed E-state index contributed by atoms with van der Waals surface area (Å²) in [5.41, 5.74) is 6.21. The molecule has 0 aliphatic rings. The summed E-state index contributed by atoms with van der Waals surface area (Å²) in [5, 5.41) is 1.83. The maximum absolute atomic E-state index is 12.1. The predicted molar refractivity (Wildman–Crippen MR) is 75.9 cm³/mol. The molecule has 18 heavy (non-hydrogen) atoms. The van der Waals surface area contributed by atoms with Crippen LogP contribution in [0.3, 0.4) is 0 Å². The molecule has 1 aromatic heterocycles. The highest BCUT2D eigenvalue weighted by atomic mass is 35.5. The summed E-state index contributed by atoms with van der Waals surface area (Å²) in [7, 11) is 3.24. The second kappa shape index (κ2) is 5.61. The zero-order valence-electron chi connectivity index (χ0n) is 10.1. The predicted octanol–water partition coefficient (Wildman–Crippen LogP) is 2.08. The van der Waals surface area contributed by atoms with Crippen molar-refractivity contribution in [3.8, 4) is 5.75 Å². The van der Waals surface area contributed by atoms with Gasteiger partial charge in [0, 0.05) is 24.0 Å². The van der Waals surface area contributed by atoms with Gasteiger partial charge in [0.25, 0.3) is 5.56 Å². The normalized spacial score (nSPS) is 10.2. The maximum atomic E-state index is 12.1. The molecule has 0 aliphatic heterocycles. The van der Waals surface area contributed by atoms with Crippen molar-refractivity contribution in [2.45, 2.75) is 6.54 Å². The van der Waals surface area contributed by atoms with Crippen molar-refractivity contribution in [2.75, 3.05) is 7.11 Å². The molecule has 2 aromatic rings. The van der Waals surface area contributed by atoms with Gasteiger partial charge < -0.3 is 15.0 Å². The van der Waals surface area contributed by atoms with Gasteiger partial charge in [-0.2, -0.15) is 0 Å². The summed E-state index contributed by atoms with van der Waals surface area (Å²) in [4.78, 5) is 12.1. The van der Waals surface area contributed by atoms with E-state index in [0.29, 0.717) is 27.2 Å². The fourth-order valence-corrected chi connectivity index (χ4v) is 2.13. The largest absolute Gasteiger partial charge is 0.494 e. The van der Waals surface area contributed by atoms with Gasteiger partial charge in [-0.05, 0) is 18.2 Å². The Morgan fingerprint density at radius 2 is 2.06 bits per heavy atom. The lowest BCUT2D eigenvalue weighted by Crippen LogP contribution is -2.23. The molecular formula is C12H14Cl2N2O2. The molecule has 0 spiro atoms. The average Bonchev–Trinajstić information content (AvgIpc) is 2.33. The average molecular weight is 289 g/mol. The molecule has 0 saturated heterocycles. The van der Waals surface area contributed by atoms with Crippen LogP contribution in [0.5, 0.6) is 5.75 Å². The minimum atomic E-state index is -0.0992. The molecule has 0 unspecified atom stereocenters. The number of benzene rings is 1. The van der Waals surface area contributed by atoms with Crippen LogP contribution in [0, 0.1) is 0 Å². The van der Waals surface area contributed by atoms with Crippen LogP contribution in [0.2, 0.25) is 5.02 Å². The van der Waals surface area contributed by atoms with Gasteiger partial charge >= 0.3 is 0 Å². The van der Waals surface area contributed by atoms with Crippen molar-refractivity contribution in [1.29, 1.82) is 0 Å². The van der Waals surface area contributed by atoms with Gasteiger partial charge in [0.15, 0.2) is 0 Å². The number of halogens is 2. The first kappa shape index (κ1) is 14.8. The number of fused-ring (bicyclic) bond motifs is 1. The van der Waals surface area contributed by atoms with E-state index in [-0.39, 0.29) is 24.5 Å². The molecule has 1 aromatic carbocycles. The topological polar surface area (TPSA) is 57.2 Å². The van der Waals surface area contributed by atoms with Crippen LogP contribution in [0.25, 0.3) is 10.8 Å². The Morgan fingerprint density at radius 1 is 1.39 bits per heavy atom. The molecule has 0 aliphatic carbocycles. The summed E-state index contributed by atoms with van der Waals surface area (Å²) in [5.74, 6) is 0.604. The van der Waals surface area contributed by atoms with Crippen molar-refractivity contribution in [3.63, 3.8) is 0 Å². The number of hydrogen-bond acceptors (Lipinski definition) is 3. The van der Waals surface area contributed by atoms with E-state index in [1.807, 2.05) is 0 Å². The highest BCUT2D eigenvalue weighted by molar-refractivity contribution is 6.31. The molecule has 0 saturated carbocycles. The summed E-state index contributed by atoms with van der Waals surface area (Å²) >= 11 is 5.94. The molecule has 0 atom stereocenters. The SMILES string of the molecule is COc1c(CN)n(C)c(=O)c2ccc(Cl)cc12.Cl. The van der Waals surface area contributed by atoms with E-state index >= 15 is 0 Å². The number of rotatable bonds is 2. The standard InChI is InChI=1S/C12H13ClN2O2.ClH/c1-15-10(6-14)11(17-2)9-5-7(13)3-4-8(9)12(15)16;/h3-5H,6,14H2,1-2H3;1H. The van der Waals surface area contributed by atoms with Gasteiger partial charge in [0.2, 0.25) is 0 Å². The lowest BCUT2D eigenvalue weighted by atomic mass is 10.1. The van der Waals surface area contributed by atoms with Gasteiger partial charge in [0.05, 0.1) is 18.2 Å². The summed E-state index contributed by atoms with van der Waals surface area (Å²) < 4.78 is 6.85. The molecule has 0 fully saturated rings. The second-order valence-electron chi connectivity index (χ2n) is 3.74. The van der Waals surface area contributed by atoms with E-state index in [1.54, 1.807) is 32.4 Å². The van der Waals surface area contributed by atoms with Crippen molar-refractivity contribution in [2.24, 2.45) is 12.8 Å². The first-order valence-electron chi connectivity index (χ1n) is 5.15. The number of hydrogen-bond donors (Lipinski definition) is 1. The summed E-state index contributed by atoms with van der Waals surface area (Å²) in [6, 6.07) is 5.10. The zero-order chi connectivity index (χ0) is 12.6. The number of aromatic nitrogens is 1. The van der Waals surface area contributed by atoms with E-state index in [9.17, 15) is 4.79 Å². The first-order chi connectivity index (χ1) is 8.10. The van der Waals surface area contributed by atoms with Gasteiger partial charge in [-0.3, -0.25) is 4.79 Å². The second-order valence-corrected chi connectivity index (χ2v) is 4.17. The third-order valence-corrected chi connectivity index (χ3v) is 3.06. The molecule has 0 amide bonds. The van der Waals surface area contributed by atoms with Crippen LogP contribution >= 0.6 is 24.0 Å². The molecular weight excluding hydrogens is 275 g/mol. The number of nitrogens with zero attached hydrogens (tertiary/aromatic N) is 1. The number of nitrogens with two attached hydrogens (primary N) is 1. The monoisotopic (exact) mass is 288 g/mol. The van der Waals surface area contributed by atoms with Gasteiger partial charge in [-0.15, -0.1) is 12.4 Å². The maximum Gasteiger partial charge on any atom is 0.258 e. The van der Waals surface area contributed by atoms with Gasteiger partial charge in [-0.1, -0.05) is 11.6 Å².